The van der Waals surface area contributed by atoms with Crippen molar-refractivity contribution in [2.24, 2.45) is 11.8 Å². The van der Waals surface area contributed by atoms with Crippen LogP contribution in [0.1, 0.15) is 45.1 Å². The molecular formula is C16H22O2. The Bertz CT molecular complexity index is 386. The van der Waals surface area contributed by atoms with E-state index in [1.807, 2.05) is 24.3 Å². The third-order valence-corrected chi connectivity index (χ3v) is 3.90. The summed E-state index contributed by atoms with van der Waals surface area (Å²) >= 11 is 0. The van der Waals surface area contributed by atoms with E-state index in [0.29, 0.717) is 5.75 Å². The summed E-state index contributed by atoms with van der Waals surface area (Å²) in [6, 6.07) is 7.82. The minimum absolute atomic E-state index is 0.0499. The third-order valence-electron chi connectivity index (χ3n) is 3.90. The highest BCUT2D eigenvalue weighted by molar-refractivity contribution is 5.75. The van der Waals surface area contributed by atoms with Gasteiger partial charge in [-0.2, -0.15) is 0 Å². The van der Waals surface area contributed by atoms with Crippen molar-refractivity contribution in [2.75, 3.05) is 0 Å². The Hall–Kier alpha value is -1.31. The molecule has 1 saturated carbocycles. The number of rotatable bonds is 3. The molecule has 98 valence electrons. The molecule has 0 spiro atoms. The van der Waals surface area contributed by atoms with Crippen LogP contribution in [-0.4, -0.2) is 5.97 Å². The van der Waals surface area contributed by atoms with E-state index in [2.05, 4.69) is 13.8 Å². The summed E-state index contributed by atoms with van der Waals surface area (Å²) in [5.41, 5.74) is 1.27. The highest BCUT2D eigenvalue weighted by Crippen LogP contribution is 2.29. The maximum Gasteiger partial charge on any atom is 0.314 e. The van der Waals surface area contributed by atoms with E-state index in [9.17, 15) is 4.79 Å². The highest BCUT2D eigenvalue weighted by Gasteiger charge is 2.25. The fourth-order valence-electron chi connectivity index (χ4n) is 2.49. The first-order valence-corrected chi connectivity index (χ1v) is 6.99. The van der Waals surface area contributed by atoms with Crippen molar-refractivity contribution in [3.63, 3.8) is 0 Å². The van der Waals surface area contributed by atoms with Crippen LogP contribution in [0.4, 0.5) is 0 Å². The summed E-state index contributed by atoms with van der Waals surface area (Å²) < 4.78 is 5.45. The van der Waals surface area contributed by atoms with E-state index in [-0.39, 0.29) is 11.9 Å². The van der Waals surface area contributed by atoms with Gasteiger partial charge in [-0.1, -0.05) is 26.0 Å². The zero-order valence-corrected chi connectivity index (χ0v) is 11.3. The molecule has 1 aliphatic rings. The lowest BCUT2D eigenvalue weighted by Crippen LogP contribution is -2.24. The summed E-state index contributed by atoms with van der Waals surface area (Å²) in [6.45, 7) is 4.37. The van der Waals surface area contributed by atoms with Crippen molar-refractivity contribution in [2.45, 2.75) is 46.0 Å². The number of esters is 1. The van der Waals surface area contributed by atoms with Crippen LogP contribution in [0.3, 0.4) is 0 Å². The molecule has 0 unspecified atom stereocenters. The Morgan fingerprint density at radius 1 is 1.17 bits per heavy atom. The van der Waals surface area contributed by atoms with Crippen molar-refractivity contribution in [1.82, 2.24) is 0 Å². The molecule has 18 heavy (non-hydrogen) atoms. The van der Waals surface area contributed by atoms with E-state index in [1.54, 1.807) is 0 Å². The maximum atomic E-state index is 12.0. The molecule has 1 fully saturated rings. The van der Waals surface area contributed by atoms with Crippen LogP contribution < -0.4 is 4.74 Å². The van der Waals surface area contributed by atoms with Crippen molar-refractivity contribution in [3.05, 3.63) is 29.8 Å². The minimum atomic E-state index is -0.0499. The lowest BCUT2D eigenvalue weighted by atomic mass is 9.83. The summed E-state index contributed by atoms with van der Waals surface area (Å²) in [5.74, 6) is 1.49. The largest absolute Gasteiger partial charge is 0.426 e. The Morgan fingerprint density at radius 2 is 1.78 bits per heavy atom. The van der Waals surface area contributed by atoms with Gasteiger partial charge < -0.3 is 4.74 Å². The molecule has 1 aromatic rings. The van der Waals surface area contributed by atoms with Crippen molar-refractivity contribution >= 4 is 5.97 Å². The fraction of sp³-hybridized carbons (Fsp3) is 0.562. The number of carbonyl (C=O) groups is 1. The lowest BCUT2D eigenvalue weighted by molar-refractivity contribution is -0.140. The van der Waals surface area contributed by atoms with Crippen LogP contribution in [0.25, 0.3) is 0 Å². The molecule has 1 aliphatic carbocycles. The molecule has 0 aromatic heterocycles. The number of carbonyl (C=O) groups excluding carboxylic acids is 1. The van der Waals surface area contributed by atoms with Gasteiger partial charge in [0.2, 0.25) is 0 Å². The van der Waals surface area contributed by atoms with Gasteiger partial charge in [0.15, 0.2) is 0 Å². The van der Waals surface area contributed by atoms with Crippen LogP contribution in [0.15, 0.2) is 24.3 Å². The van der Waals surface area contributed by atoms with Gasteiger partial charge in [-0.25, -0.2) is 0 Å². The average molecular weight is 246 g/mol. The molecule has 0 N–H and O–H groups in total. The van der Waals surface area contributed by atoms with Crippen LogP contribution in [0, 0.1) is 11.8 Å². The second-order valence-electron chi connectivity index (χ2n) is 5.38. The molecule has 2 heteroatoms. The van der Waals surface area contributed by atoms with Crippen LogP contribution in [0.2, 0.25) is 0 Å². The number of aryl methyl sites for hydroxylation is 1. The van der Waals surface area contributed by atoms with Crippen LogP contribution >= 0.6 is 0 Å². The van der Waals surface area contributed by atoms with E-state index in [4.69, 9.17) is 4.74 Å². The summed E-state index contributed by atoms with van der Waals surface area (Å²) in [7, 11) is 0. The molecule has 0 heterocycles. The van der Waals surface area contributed by atoms with Gasteiger partial charge in [0.25, 0.3) is 0 Å². The summed E-state index contributed by atoms with van der Waals surface area (Å²) in [4.78, 5) is 12.0. The van der Waals surface area contributed by atoms with E-state index < -0.39 is 0 Å². The number of ether oxygens (including phenoxy) is 1. The van der Waals surface area contributed by atoms with Gasteiger partial charge in [0, 0.05) is 0 Å². The lowest BCUT2D eigenvalue weighted by Gasteiger charge is -2.24. The third kappa shape index (κ3) is 3.34. The van der Waals surface area contributed by atoms with Gasteiger partial charge in [-0.15, -0.1) is 0 Å². The van der Waals surface area contributed by atoms with E-state index in [0.717, 1.165) is 38.0 Å². The number of benzene rings is 1. The predicted octanol–water partition coefficient (Wildman–Crippen LogP) is 3.98. The molecule has 0 saturated heterocycles. The smallest absolute Gasteiger partial charge is 0.314 e. The van der Waals surface area contributed by atoms with Gasteiger partial charge in [0.05, 0.1) is 5.92 Å². The molecule has 0 atom stereocenters. The first-order chi connectivity index (χ1) is 8.69. The van der Waals surface area contributed by atoms with E-state index in [1.165, 1.54) is 5.56 Å². The topological polar surface area (TPSA) is 26.3 Å². The molecule has 2 nitrogen and oxygen atoms in total. The standard InChI is InChI=1S/C16H22O2/c1-3-13-6-10-15(11-7-13)18-16(17)14-8-4-12(2)5-9-14/h6-7,10-12,14H,3-5,8-9H2,1-2H3. The quantitative estimate of drug-likeness (QED) is 0.595. The highest BCUT2D eigenvalue weighted by atomic mass is 16.5. The van der Waals surface area contributed by atoms with Gasteiger partial charge in [0.1, 0.15) is 5.75 Å². The predicted molar refractivity (Wildman–Crippen MR) is 72.6 cm³/mol. The molecule has 0 aliphatic heterocycles. The molecule has 0 bridgehead atoms. The van der Waals surface area contributed by atoms with Crippen molar-refractivity contribution in [3.8, 4) is 5.75 Å². The monoisotopic (exact) mass is 246 g/mol. The van der Waals surface area contributed by atoms with Crippen LogP contribution in [0.5, 0.6) is 5.75 Å². The van der Waals surface area contributed by atoms with Gasteiger partial charge >= 0.3 is 5.97 Å². The van der Waals surface area contributed by atoms with Gasteiger partial charge in [-0.05, 0) is 55.7 Å². The Kier molecular flexibility index (Phi) is 4.40. The minimum Gasteiger partial charge on any atom is -0.426 e. The summed E-state index contributed by atoms with van der Waals surface area (Å²) in [6.07, 6.45) is 5.26. The number of hydrogen-bond acceptors (Lipinski definition) is 2. The Morgan fingerprint density at radius 3 is 2.33 bits per heavy atom. The second-order valence-corrected chi connectivity index (χ2v) is 5.38. The Balaban J connectivity index is 1.90. The van der Waals surface area contributed by atoms with Crippen LogP contribution in [-0.2, 0) is 11.2 Å². The molecule has 0 amide bonds. The average Bonchev–Trinajstić information content (AvgIpc) is 2.40. The van der Waals surface area contributed by atoms with Gasteiger partial charge in [-0.3, -0.25) is 4.79 Å². The molecular weight excluding hydrogens is 224 g/mol. The number of hydrogen-bond donors (Lipinski definition) is 0. The zero-order valence-electron chi connectivity index (χ0n) is 11.3. The Labute approximate surface area is 109 Å². The van der Waals surface area contributed by atoms with Crippen molar-refractivity contribution < 1.29 is 9.53 Å². The molecule has 2 rings (SSSR count). The van der Waals surface area contributed by atoms with Crippen molar-refractivity contribution in [1.29, 1.82) is 0 Å². The molecule has 1 aromatic carbocycles. The zero-order chi connectivity index (χ0) is 13.0. The van der Waals surface area contributed by atoms with E-state index >= 15 is 0 Å². The first-order valence-electron chi connectivity index (χ1n) is 6.99. The maximum absolute atomic E-state index is 12.0. The summed E-state index contributed by atoms with van der Waals surface area (Å²) in [5, 5.41) is 0. The molecule has 0 radical (unpaired) electrons. The second kappa shape index (κ2) is 6.03. The normalized spacial score (nSPS) is 23.7. The first kappa shape index (κ1) is 13.1. The SMILES string of the molecule is CCc1ccc(OC(=O)C2CCC(C)CC2)cc1. The fourth-order valence-corrected chi connectivity index (χ4v) is 2.49.